The molecule has 1 rings (SSSR count). The van der Waals surface area contributed by atoms with Gasteiger partial charge in [0.1, 0.15) is 0 Å². The number of unbranched alkanes of at least 4 members (excludes halogenated alkanes) is 1. The molecule has 0 aromatic heterocycles. The average molecular weight is 278 g/mol. The molecule has 0 radical (unpaired) electrons. The second-order valence-corrected chi connectivity index (χ2v) is 5.42. The smallest absolute Gasteiger partial charge is 0.305 e. The van der Waals surface area contributed by atoms with Gasteiger partial charge >= 0.3 is 5.97 Å². The Morgan fingerprint density at radius 1 is 1.20 bits per heavy atom. The minimum atomic E-state index is -0.604. The Morgan fingerprint density at radius 2 is 1.85 bits per heavy atom. The summed E-state index contributed by atoms with van der Waals surface area (Å²) < 4.78 is 5.09. The molecule has 0 heterocycles. The predicted octanol–water partition coefficient (Wildman–Crippen LogP) is 3.77. The van der Waals surface area contributed by atoms with Gasteiger partial charge in [0.2, 0.25) is 0 Å². The molecule has 0 amide bonds. The van der Waals surface area contributed by atoms with Crippen LogP contribution in [0.4, 0.5) is 0 Å². The Morgan fingerprint density at radius 3 is 2.50 bits per heavy atom. The third kappa shape index (κ3) is 4.97. The molecule has 1 aromatic carbocycles. The molecule has 0 aliphatic carbocycles. The molecule has 0 spiro atoms. The first kappa shape index (κ1) is 16.7. The van der Waals surface area contributed by atoms with Crippen LogP contribution >= 0.6 is 0 Å². The van der Waals surface area contributed by atoms with Gasteiger partial charge in [-0.05, 0) is 55.9 Å². The lowest BCUT2D eigenvalue weighted by Crippen LogP contribution is -2.09. The van der Waals surface area contributed by atoms with Gasteiger partial charge in [-0.15, -0.1) is 0 Å². The fraction of sp³-hybridized carbons (Fsp3) is 0.588. The predicted molar refractivity (Wildman–Crippen MR) is 80.7 cm³/mol. The molecule has 0 aliphatic heterocycles. The van der Waals surface area contributed by atoms with Gasteiger partial charge in [0.15, 0.2) is 0 Å². The zero-order valence-corrected chi connectivity index (χ0v) is 13.0. The first-order chi connectivity index (χ1) is 9.45. The second-order valence-electron chi connectivity index (χ2n) is 5.42. The largest absolute Gasteiger partial charge is 0.466 e. The fourth-order valence-corrected chi connectivity index (χ4v) is 2.15. The van der Waals surface area contributed by atoms with E-state index in [1.807, 2.05) is 19.9 Å². The van der Waals surface area contributed by atoms with Gasteiger partial charge in [-0.3, -0.25) is 4.79 Å². The van der Waals surface area contributed by atoms with Gasteiger partial charge in [-0.2, -0.15) is 0 Å². The number of aliphatic hydroxyl groups excluding tert-OH is 1. The van der Waals surface area contributed by atoms with Crippen LogP contribution < -0.4 is 0 Å². The van der Waals surface area contributed by atoms with Crippen LogP contribution in [0.25, 0.3) is 0 Å². The molecule has 20 heavy (non-hydrogen) atoms. The number of carbonyl (C=O) groups excluding carboxylic acids is 1. The zero-order chi connectivity index (χ0) is 15.1. The molecular formula is C17H26O3. The fourth-order valence-electron chi connectivity index (χ4n) is 2.15. The van der Waals surface area contributed by atoms with Gasteiger partial charge in [-0.25, -0.2) is 0 Å². The maximum atomic E-state index is 11.5. The minimum Gasteiger partial charge on any atom is -0.466 e. The summed E-state index contributed by atoms with van der Waals surface area (Å²) in [6.07, 6.45) is 1.97. The van der Waals surface area contributed by atoms with Crippen molar-refractivity contribution in [2.45, 2.75) is 59.5 Å². The summed E-state index contributed by atoms with van der Waals surface area (Å²) in [7, 11) is 0. The number of hydrogen-bond acceptors (Lipinski definition) is 3. The summed E-state index contributed by atoms with van der Waals surface area (Å²) in [4.78, 5) is 11.5. The monoisotopic (exact) mass is 278 g/mol. The average Bonchev–Trinajstić information content (AvgIpc) is 2.40. The Kier molecular flexibility index (Phi) is 6.73. The van der Waals surface area contributed by atoms with Gasteiger partial charge in [0, 0.05) is 6.42 Å². The Bertz CT molecular complexity index is 452. The molecule has 1 aromatic rings. The van der Waals surface area contributed by atoms with E-state index >= 15 is 0 Å². The molecule has 1 N–H and O–H groups in total. The summed E-state index contributed by atoms with van der Waals surface area (Å²) in [6, 6.07) is 4.09. The minimum absolute atomic E-state index is 0.223. The Labute approximate surface area is 122 Å². The standard InChI is InChI=1S/C17H26O3/c1-5-6-9-20-17(19)8-7-16(18)15-11-13(3)12(2)10-14(15)4/h10-11,16,18H,5-9H2,1-4H3. The topological polar surface area (TPSA) is 46.5 Å². The van der Waals surface area contributed by atoms with Crippen LogP contribution in [0.1, 0.15) is 61.0 Å². The SMILES string of the molecule is CCCCOC(=O)CCC(O)c1cc(C)c(C)cc1C. The first-order valence-electron chi connectivity index (χ1n) is 7.37. The molecular weight excluding hydrogens is 252 g/mol. The van der Waals surface area contributed by atoms with Crippen LogP contribution in [-0.2, 0) is 9.53 Å². The number of aryl methyl sites for hydroxylation is 3. The lowest BCUT2D eigenvalue weighted by molar-refractivity contribution is -0.144. The van der Waals surface area contributed by atoms with E-state index in [9.17, 15) is 9.90 Å². The second kappa shape index (κ2) is 8.05. The van der Waals surface area contributed by atoms with E-state index in [-0.39, 0.29) is 12.4 Å². The third-order valence-corrected chi connectivity index (χ3v) is 3.62. The molecule has 0 fully saturated rings. The Balaban J connectivity index is 2.52. The number of carbonyl (C=O) groups is 1. The van der Waals surface area contributed by atoms with Crippen LogP contribution in [0.3, 0.4) is 0 Å². The molecule has 0 bridgehead atoms. The van der Waals surface area contributed by atoms with Crippen molar-refractivity contribution in [3.8, 4) is 0 Å². The molecule has 3 nitrogen and oxygen atoms in total. The molecule has 1 unspecified atom stereocenters. The van der Waals surface area contributed by atoms with E-state index in [0.29, 0.717) is 13.0 Å². The van der Waals surface area contributed by atoms with E-state index in [1.54, 1.807) is 0 Å². The zero-order valence-electron chi connectivity index (χ0n) is 13.0. The number of aliphatic hydroxyl groups is 1. The van der Waals surface area contributed by atoms with Gasteiger partial charge in [-0.1, -0.05) is 25.5 Å². The van der Waals surface area contributed by atoms with Gasteiger partial charge < -0.3 is 9.84 Å². The first-order valence-corrected chi connectivity index (χ1v) is 7.37. The molecule has 0 saturated carbocycles. The maximum absolute atomic E-state index is 11.5. The third-order valence-electron chi connectivity index (χ3n) is 3.62. The number of esters is 1. The highest BCUT2D eigenvalue weighted by atomic mass is 16.5. The highest BCUT2D eigenvalue weighted by Gasteiger charge is 2.14. The lowest BCUT2D eigenvalue weighted by atomic mass is 9.95. The molecule has 1 atom stereocenters. The number of hydrogen-bond donors (Lipinski definition) is 1. The summed E-state index contributed by atoms with van der Waals surface area (Å²) in [5.41, 5.74) is 4.36. The van der Waals surface area contributed by atoms with Crippen LogP contribution in [0.5, 0.6) is 0 Å². The summed E-state index contributed by atoms with van der Waals surface area (Å²) >= 11 is 0. The number of ether oxygens (including phenoxy) is 1. The molecule has 112 valence electrons. The molecule has 3 heteroatoms. The quantitative estimate of drug-likeness (QED) is 0.610. The van der Waals surface area contributed by atoms with Crippen molar-refractivity contribution in [1.82, 2.24) is 0 Å². The van der Waals surface area contributed by atoms with E-state index in [2.05, 4.69) is 19.9 Å². The van der Waals surface area contributed by atoms with Crippen LogP contribution in [0.15, 0.2) is 12.1 Å². The van der Waals surface area contributed by atoms with Crippen LogP contribution in [-0.4, -0.2) is 17.7 Å². The molecule has 0 aliphatic rings. The van der Waals surface area contributed by atoms with Crippen molar-refractivity contribution < 1.29 is 14.6 Å². The van der Waals surface area contributed by atoms with Gasteiger partial charge in [0.25, 0.3) is 0 Å². The van der Waals surface area contributed by atoms with Crippen molar-refractivity contribution in [2.75, 3.05) is 6.61 Å². The van der Waals surface area contributed by atoms with Crippen molar-refractivity contribution in [1.29, 1.82) is 0 Å². The van der Waals surface area contributed by atoms with E-state index < -0.39 is 6.10 Å². The summed E-state index contributed by atoms with van der Waals surface area (Å²) in [5, 5.41) is 10.2. The van der Waals surface area contributed by atoms with Crippen molar-refractivity contribution in [3.05, 3.63) is 34.4 Å². The molecule has 0 saturated heterocycles. The van der Waals surface area contributed by atoms with Crippen LogP contribution in [0.2, 0.25) is 0 Å². The highest BCUT2D eigenvalue weighted by molar-refractivity contribution is 5.69. The van der Waals surface area contributed by atoms with E-state index in [4.69, 9.17) is 4.74 Å². The number of rotatable bonds is 7. The van der Waals surface area contributed by atoms with Gasteiger partial charge in [0.05, 0.1) is 12.7 Å². The maximum Gasteiger partial charge on any atom is 0.305 e. The van der Waals surface area contributed by atoms with E-state index in [0.717, 1.165) is 29.5 Å². The van der Waals surface area contributed by atoms with Crippen molar-refractivity contribution in [3.63, 3.8) is 0 Å². The van der Waals surface area contributed by atoms with E-state index in [1.165, 1.54) is 5.56 Å². The Hall–Kier alpha value is -1.35. The van der Waals surface area contributed by atoms with Crippen molar-refractivity contribution in [2.24, 2.45) is 0 Å². The summed E-state index contributed by atoms with van der Waals surface area (Å²) in [5.74, 6) is -0.223. The number of benzene rings is 1. The normalized spacial score (nSPS) is 12.2. The lowest BCUT2D eigenvalue weighted by Gasteiger charge is -2.15. The summed E-state index contributed by atoms with van der Waals surface area (Å²) in [6.45, 7) is 8.62. The highest BCUT2D eigenvalue weighted by Crippen LogP contribution is 2.25. The van der Waals surface area contributed by atoms with Crippen LogP contribution in [0, 0.1) is 20.8 Å². The van der Waals surface area contributed by atoms with Crippen molar-refractivity contribution >= 4 is 5.97 Å².